The molecule has 0 aliphatic heterocycles. The molecule has 5 heteroatoms. The zero-order valence-electron chi connectivity index (χ0n) is 9.84. The van der Waals surface area contributed by atoms with E-state index in [4.69, 9.17) is 16.0 Å². The lowest BCUT2D eigenvalue weighted by molar-refractivity contribution is 0.488. The van der Waals surface area contributed by atoms with Gasteiger partial charge in [-0.15, -0.1) is 0 Å². The zero-order chi connectivity index (χ0) is 11.7. The predicted octanol–water partition coefficient (Wildman–Crippen LogP) is 3.51. The van der Waals surface area contributed by atoms with Gasteiger partial charge in [-0.3, -0.25) is 0 Å². The van der Waals surface area contributed by atoms with Crippen molar-refractivity contribution in [3.63, 3.8) is 0 Å². The fourth-order valence-corrected chi connectivity index (χ4v) is 1.90. The Labute approximate surface area is 97.0 Å². The van der Waals surface area contributed by atoms with Gasteiger partial charge in [-0.25, -0.2) is 9.97 Å². The number of rotatable bonds is 2. The first kappa shape index (κ1) is 12.5. The van der Waals surface area contributed by atoms with Crippen molar-refractivity contribution >= 4 is 19.9 Å². The summed E-state index contributed by atoms with van der Waals surface area (Å²) in [6.07, 6.45) is 3.24. The maximum Gasteiger partial charge on any atom is 0.250 e. The Morgan fingerprint density at radius 2 is 1.67 bits per heavy atom. The lowest BCUT2D eigenvalue weighted by Gasteiger charge is -2.36. The number of nitrogens with zero attached hydrogens (tertiary/aromatic N) is 2. The summed E-state index contributed by atoms with van der Waals surface area (Å²) in [5.74, 6) is 0.700. The third-order valence-electron chi connectivity index (χ3n) is 2.78. The molecule has 0 aromatic carbocycles. The van der Waals surface area contributed by atoms with E-state index in [-0.39, 0.29) is 10.3 Å². The van der Waals surface area contributed by atoms with Gasteiger partial charge >= 0.3 is 0 Å². The van der Waals surface area contributed by atoms with Crippen LogP contribution in [0.5, 0.6) is 5.75 Å². The van der Waals surface area contributed by atoms with Gasteiger partial charge in [0.05, 0.1) is 12.4 Å². The molecule has 0 saturated heterocycles. The summed E-state index contributed by atoms with van der Waals surface area (Å²) in [7, 11) is -1.79. The molecule has 0 spiro atoms. The minimum atomic E-state index is -1.79. The van der Waals surface area contributed by atoms with Crippen LogP contribution in [0.2, 0.25) is 23.4 Å². The molecule has 84 valence electrons. The molecule has 1 rings (SSSR count). The Morgan fingerprint density at radius 3 is 2.07 bits per heavy atom. The molecule has 0 saturated carbocycles. The molecule has 1 aromatic rings. The van der Waals surface area contributed by atoms with Crippen LogP contribution in [0.15, 0.2) is 12.4 Å². The minimum absolute atomic E-state index is 0.173. The normalized spacial score (nSPS) is 12.7. The van der Waals surface area contributed by atoms with Gasteiger partial charge in [-0.05, 0) is 29.7 Å². The highest BCUT2D eigenvalue weighted by molar-refractivity contribution is 6.74. The van der Waals surface area contributed by atoms with Gasteiger partial charge in [0.15, 0.2) is 0 Å². The summed E-state index contributed by atoms with van der Waals surface area (Å²) in [5.41, 5.74) is 0. The van der Waals surface area contributed by atoms with Gasteiger partial charge in [-0.1, -0.05) is 20.8 Å². The molecule has 0 aliphatic carbocycles. The summed E-state index contributed by atoms with van der Waals surface area (Å²) in [6.45, 7) is 10.9. The molecular formula is C10H17ClN2OSi. The van der Waals surface area contributed by atoms with Gasteiger partial charge in [0.1, 0.15) is 5.75 Å². The first-order valence-corrected chi connectivity index (χ1v) is 8.17. The highest BCUT2D eigenvalue weighted by Gasteiger charge is 2.39. The van der Waals surface area contributed by atoms with Gasteiger partial charge in [0, 0.05) is 0 Å². The molecule has 0 N–H and O–H groups in total. The minimum Gasteiger partial charge on any atom is -0.541 e. The Kier molecular flexibility index (Phi) is 3.40. The lowest BCUT2D eigenvalue weighted by Crippen LogP contribution is -2.43. The second-order valence-electron chi connectivity index (χ2n) is 5.05. The summed E-state index contributed by atoms with van der Waals surface area (Å²) >= 11 is 5.61. The smallest absolute Gasteiger partial charge is 0.250 e. The SMILES string of the molecule is CC(C)(C)[Si](C)(C)Oc1cnc(Cl)nc1. The monoisotopic (exact) mass is 244 g/mol. The van der Waals surface area contributed by atoms with E-state index in [1.807, 2.05) is 0 Å². The van der Waals surface area contributed by atoms with Crippen LogP contribution in [0.1, 0.15) is 20.8 Å². The van der Waals surface area contributed by atoms with E-state index in [2.05, 4.69) is 43.8 Å². The third-order valence-corrected chi connectivity index (χ3v) is 7.33. The number of halogens is 1. The largest absolute Gasteiger partial charge is 0.541 e. The van der Waals surface area contributed by atoms with Crippen molar-refractivity contribution in [3.05, 3.63) is 17.7 Å². The molecular weight excluding hydrogens is 228 g/mol. The first-order valence-electron chi connectivity index (χ1n) is 4.89. The third kappa shape index (κ3) is 3.17. The van der Waals surface area contributed by atoms with Crippen LogP contribution in [-0.2, 0) is 0 Å². The zero-order valence-corrected chi connectivity index (χ0v) is 11.6. The van der Waals surface area contributed by atoms with Crippen LogP contribution in [0.25, 0.3) is 0 Å². The van der Waals surface area contributed by atoms with Gasteiger partial charge < -0.3 is 4.43 Å². The maximum absolute atomic E-state index is 5.98. The van der Waals surface area contributed by atoms with E-state index in [0.29, 0.717) is 5.75 Å². The molecule has 0 unspecified atom stereocenters. The van der Waals surface area contributed by atoms with Crippen molar-refractivity contribution in [2.24, 2.45) is 0 Å². The standard InChI is InChI=1S/C10H17ClN2OSi/c1-10(2,3)15(4,5)14-8-6-12-9(11)13-7-8/h6-7H,1-5H3. The van der Waals surface area contributed by atoms with Crippen LogP contribution in [0, 0.1) is 0 Å². The molecule has 0 atom stereocenters. The number of hydrogen-bond acceptors (Lipinski definition) is 3. The van der Waals surface area contributed by atoms with Crippen molar-refractivity contribution in [1.82, 2.24) is 9.97 Å². The van der Waals surface area contributed by atoms with Crippen LogP contribution >= 0.6 is 11.6 Å². The predicted molar refractivity (Wildman–Crippen MR) is 64.9 cm³/mol. The van der Waals surface area contributed by atoms with E-state index in [1.54, 1.807) is 12.4 Å². The molecule has 3 nitrogen and oxygen atoms in total. The highest BCUT2D eigenvalue weighted by Crippen LogP contribution is 2.36. The van der Waals surface area contributed by atoms with E-state index in [0.717, 1.165) is 0 Å². The van der Waals surface area contributed by atoms with Crippen molar-refractivity contribution < 1.29 is 4.43 Å². The van der Waals surface area contributed by atoms with E-state index >= 15 is 0 Å². The molecule has 0 radical (unpaired) electrons. The van der Waals surface area contributed by atoms with Crippen LogP contribution < -0.4 is 4.43 Å². The second-order valence-corrected chi connectivity index (χ2v) is 10.1. The molecule has 0 amide bonds. The molecule has 0 aliphatic rings. The topological polar surface area (TPSA) is 35.0 Å². The molecule has 1 heterocycles. The van der Waals surface area contributed by atoms with E-state index in [9.17, 15) is 0 Å². The molecule has 0 bridgehead atoms. The Hall–Kier alpha value is -0.613. The maximum atomic E-state index is 5.98. The second kappa shape index (κ2) is 4.10. The summed E-state index contributed by atoms with van der Waals surface area (Å²) in [6, 6.07) is 0. The fraction of sp³-hybridized carbons (Fsp3) is 0.600. The Morgan fingerprint density at radius 1 is 1.20 bits per heavy atom. The van der Waals surface area contributed by atoms with Crippen LogP contribution in [0.4, 0.5) is 0 Å². The quantitative estimate of drug-likeness (QED) is 0.590. The van der Waals surface area contributed by atoms with Gasteiger partial charge in [-0.2, -0.15) is 0 Å². The molecule has 1 aromatic heterocycles. The van der Waals surface area contributed by atoms with Crippen molar-refractivity contribution in [2.45, 2.75) is 38.9 Å². The van der Waals surface area contributed by atoms with Crippen molar-refractivity contribution in [2.75, 3.05) is 0 Å². The summed E-state index contributed by atoms with van der Waals surface area (Å²) in [4.78, 5) is 7.79. The fourth-order valence-electron chi connectivity index (χ4n) is 0.801. The Bertz CT molecular complexity index is 332. The average Bonchev–Trinajstić information content (AvgIpc) is 2.06. The van der Waals surface area contributed by atoms with Gasteiger partial charge in [0.25, 0.3) is 8.32 Å². The summed E-state index contributed by atoms with van der Waals surface area (Å²) < 4.78 is 5.98. The Balaban J connectivity index is 2.82. The number of aromatic nitrogens is 2. The van der Waals surface area contributed by atoms with E-state index < -0.39 is 8.32 Å². The van der Waals surface area contributed by atoms with Gasteiger partial charge in [0.2, 0.25) is 5.28 Å². The molecule has 0 fully saturated rings. The van der Waals surface area contributed by atoms with Crippen LogP contribution in [-0.4, -0.2) is 18.3 Å². The lowest BCUT2D eigenvalue weighted by atomic mass is 10.2. The first-order chi connectivity index (χ1) is 6.72. The summed E-state index contributed by atoms with van der Waals surface area (Å²) in [5, 5.41) is 0.421. The van der Waals surface area contributed by atoms with Crippen molar-refractivity contribution in [3.8, 4) is 5.75 Å². The van der Waals surface area contributed by atoms with Crippen molar-refractivity contribution in [1.29, 1.82) is 0 Å². The number of hydrogen-bond donors (Lipinski definition) is 0. The highest BCUT2D eigenvalue weighted by atomic mass is 35.5. The van der Waals surface area contributed by atoms with Crippen LogP contribution in [0.3, 0.4) is 0 Å². The average molecular weight is 245 g/mol. The molecule has 15 heavy (non-hydrogen) atoms. The van der Waals surface area contributed by atoms with E-state index in [1.165, 1.54) is 0 Å².